The second-order valence-electron chi connectivity index (χ2n) is 7.83. The predicted octanol–water partition coefficient (Wildman–Crippen LogP) is 1.79. The number of hydrogen-bond acceptors (Lipinski definition) is 7. The van der Waals surface area contributed by atoms with Crippen molar-refractivity contribution in [3.8, 4) is 5.75 Å². The fraction of sp³-hybridized carbons (Fsp3) is 0.167. The Hall–Kier alpha value is -4.13. The van der Waals surface area contributed by atoms with Gasteiger partial charge in [-0.05, 0) is 35.9 Å². The van der Waals surface area contributed by atoms with Crippen LogP contribution in [0.1, 0.15) is 20.7 Å². The number of halogens is 3. The van der Waals surface area contributed by atoms with Gasteiger partial charge in [0.25, 0.3) is 17.4 Å². The summed E-state index contributed by atoms with van der Waals surface area (Å²) in [5.41, 5.74) is -1.20. The third-order valence-corrected chi connectivity index (χ3v) is 5.84. The van der Waals surface area contributed by atoms with Crippen LogP contribution in [0.5, 0.6) is 5.75 Å². The normalized spacial score (nSPS) is 11.2. The van der Waals surface area contributed by atoms with Crippen LogP contribution in [0.4, 0.5) is 8.78 Å². The van der Waals surface area contributed by atoms with E-state index in [1.54, 1.807) is 0 Å². The quantitative estimate of drug-likeness (QED) is 0.370. The molecule has 2 N–H and O–H groups in total. The minimum absolute atomic E-state index is 0.0104. The summed E-state index contributed by atoms with van der Waals surface area (Å²) in [5, 5.41) is 18.1. The number of fused-ring (bicyclic) bond motifs is 1. The number of imidazole rings is 1. The Balaban J connectivity index is 1.65. The molecule has 4 rings (SSSR count). The first-order valence-electron chi connectivity index (χ1n) is 10.7. The van der Waals surface area contributed by atoms with Crippen molar-refractivity contribution in [2.45, 2.75) is 13.2 Å². The van der Waals surface area contributed by atoms with Crippen LogP contribution in [0.15, 0.2) is 58.3 Å². The second kappa shape index (κ2) is 10.5. The summed E-state index contributed by atoms with van der Waals surface area (Å²) in [6, 6.07) is 8.61. The number of nitrogens with zero attached hydrogens (tertiary/aromatic N) is 3. The van der Waals surface area contributed by atoms with Gasteiger partial charge in [-0.3, -0.25) is 14.4 Å². The van der Waals surface area contributed by atoms with Gasteiger partial charge in [-0.15, -0.1) is 0 Å². The van der Waals surface area contributed by atoms with Gasteiger partial charge in [-0.25, -0.2) is 22.7 Å². The van der Waals surface area contributed by atoms with Gasteiger partial charge >= 0.3 is 5.69 Å². The van der Waals surface area contributed by atoms with Crippen molar-refractivity contribution in [1.29, 1.82) is 0 Å². The molecule has 0 aliphatic carbocycles. The van der Waals surface area contributed by atoms with Crippen LogP contribution >= 0.6 is 11.6 Å². The molecule has 2 aromatic heterocycles. The van der Waals surface area contributed by atoms with Gasteiger partial charge < -0.3 is 19.5 Å². The molecule has 0 aliphatic rings. The van der Waals surface area contributed by atoms with Crippen LogP contribution in [-0.4, -0.2) is 48.9 Å². The topological polar surface area (TPSA) is 133 Å². The number of aliphatic hydroxyl groups is 2. The lowest BCUT2D eigenvalue weighted by Gasteiger charge is -2.12. The fourth-order valence-corrected chi connectivity index (χ4v) is 3.95. The van der Waals surface area contributed by atoms with E-state index in [-0.39, 0.29) is 40.5 Å². The first kappa shape index (κ1) is 25.9. The molecule has 0 unspecified atom stereocenters. The highest BCUT2D eigenvalue weighted by Crippen LogP contribution is 2.23. The number of aromatic nitrogens is 3. The Morgan fingerprint density at radius 1 is 0.919 bits per heavy atom. The molecule has 0 saturated carbocycles. The summed E-state index contributed by atoms with van der Waals surface area (Å²) in [5.74, 6) is -3.53. The summed E-state index contributed by atoms with van der Waals surface area (Å²) < 4.78 is 34.8. The number of carbonyl (C=O) groups excluding carboxylic acids is 2. The van der Waals surface area contributed by atoms with Crippen LogP contribution < -0.4 is 16.0 Å². The fourth-order valence-electron chi connectivity index (χ4n) is 3.72. The van der Waals surface area contributed by atoms with Gasteiger partial charge in [0, 0.05) is 17.8 Å². The molecule has 2 heterocycles. The van der Waals surface area contributed by atoms with Gasteiger partial charge in [-0.1, -0.05) is 17.7 Å². The summed E-state index contributed by atoms with van der Waals surface area (Å²) in [4.78, 5) is 49.7. The highest BCUT2D eigenvalue weighted by atomic mass is 35.5. The van der Waals surface area contributed by atoms with Crippen molar-refractivity contribution in [2.75, 3.05) is 13.2 Å². The molecular formula is C24H18ClF2N3O7. The number of pyridine rings is 1. The lowest BCUT2D eigenvalue weighted by molar-refractivity contribution is 0.0802. The van der Waals surface area contributed by atoms with E-state index < -0.39 is 47.9 Å². The molecule has 4 aromatic rings. The van der Waals surface area contributed by atoms with Gasteiger partial charge in [0.2, 0.25) is 0 Å². The molecule has 0 spiro atoms. The molecule has 0 amide bonds. The van der Waals surface area contributed by atoms with Crippen molar-refractivity contribution in [3.05, 3.63) is 97.3 Å². The highest BCUT2D eigenvalue weighted by Gasteiger charge is 2.22. The molecule has 2 aromatic carbocycles. The zero-order valence-corrected chi connectivity index (χ0v) is 19.6. The van der Waals surface area contributed by atoms with E-state index in [2.05, 4.69) is 0 Å². The minimum Gasteiger partial charge on any atom is -0.487 e. The number of carbonyl (C=O) groups is 2. The van der Waals surface area contributed by atoms with Crippen LogP contribution in [0.2, 0.25) is 5.02 Å². The van der Waals surface area contributed by atoms with Crippen LogP contribution in [0, 0.1) is 11.6 Å². The molecular weight excluding hydrogens is 516 g/mol. The lowest BCUT2D eigenvalue weighted by Crippen LogP contribution is -2.34. The molecule has 0 aliphatic heterocycles. The van der Waals surface area contributed by atoms with E-state index in [0.717, 1.165) is 6.07 Å². The first-order chi connectivity index (χ1) is 17.7. The van der Waals surface area contributed by atoms with E-state index in [1.807, 2.05) is 0 Å². The van der Waals surface area contributed by atoms with Gasteiger partial charge in [-0.2, -0.15) is 0 Å². The first-order valence-corrected chi connectivity index (χ1v) is 11.0. The largest absolute Gasteiger partial charge is 0.487 e. The number of benzene rings is 2. The molecule has 0 radical (unpaired) electrons. The number of ether oxygens (including phenoxy) is 1. The lowest BCUT2D eigenvalue weighted by atomic mass is 10.2. The maximum Gasteiger partial charge on any atom is 0.342 e. The van der Waals surface area contributed by atoms with Gasteiger partial charge in [0.1, 0.15) is 42.2 Å². The van der Waals surface area contributed by atoms with E-state index in [9.17, 15) is 38.2 Å². The maximum atomic E-state index is 13.8. The van der Waals surface area contributed by atoms with E-state index in [0.29, 0.717) is 20.8 Å². The Morgan fingerprint density at radius 3 is 2.24 bits per heavy atom. The monoisotopic (exact) mass is 533 g/mol. The van der Waals surface area contributed by atoms with Crippen molar-refractivity contribution in [3.63, 3.8) is 0 Å². The Labute approximate surface area is 211 Å². The third kappa shape index (κ3) is 4.94. The van der Waals surface area contributed by atoms with E-state index in [1.165, 1.54) is 41.1 Å². The van der Waals surface area contributed by atoms with Crippen LogP contribution in [-0.2, 0) is 13.2 Å². The molecule has 13 heteroatoms. The molecule has 0 fully saturated rings. The van der Waals surface area contributed by atoms with Crippen molar-refractivity contribution in [2.24, 2.45) is 0 Å². The van der Waals surface area contributed by atoms with E-state index >= 15 is 0 Å². The molecule has 0 saturated heterocycles. The standard InChI is InChI=1S/C24H18ClF2N3O7/c25-22-19(37-12-14-2-3-15(26)8-16(14)27)5-6-28(23(22)35)9-13-1-4-17-18(7-13)30(21(34)11-32)24(36)29(17)20(33)10-31/h1-8,31-32H,9-12H2. The number of rotatable bonds is 7. The van der Waals surface area contributed by atoms with Crippen molar-refractivity contribution >= 4 is 34.4 Å². The molecule has 10 nitrogen and oxygen atoms in total. The second-order valence-corrected chi connectivity index (χ2v) is 8.21. The third-order valence-electron chi connectivity index (χ3n) is 5.50. The summed E-state index contributed by atoms with van der Waals surface area (Å²) in [6.07, 6.45) is 1.36. The maximum absolute atomic E-state index is 13.8. The molecule has 0 bridgehead atoms. The Bertz CT molecular complexity index is 1660. The zero-order chi connectivity index (χ0) is 26.9. The van der Waals surface area contributed by atoms with Gasteiger partial charge in [0.05, 0.1) is 17.6 Å². The summed E-state index contributed by atoms with van der Waals surface area (Å²) >= 11 is 6.16. The Morgan fingerprint density at radius 2 is 1.59 bits per heavy atom. The Kier molecular flexibility index (Phi) is 7.34. The van der Waals surface area contributed by atoms with Gasteiger partial charge in [0.15, 0.2) is 0 Å². The highest BCUT2D eigenvalue weighted by molar-refractivity contribution is 6.31. The number of hydrogen-bond donors (Lipinski definition) is 2. The predicted molar refractivity (Wildman–Crippen MR) is 127 cm³/mol. The zero-order valence-electron chi connectivity index (χ0n) is 18.9. The smallest absolute Gasteiger partial charge is 0.342 e. The van der Waals surface area contributed by atoms with Crippen LogP contribution in [0.25, 0.3) is 11.0 Å². The SMILES string of the molecule is O=C(CO)n1c(=O)n(C(=O)CO)c2cc(Cn3ccc(OCc4ccc(F)cc4F)c(Cl)c3=O)ccc21. The average molecular weight is 534 g/mol. The van der Waals surface area contributed by atoms with E-state index in [4.69, 9.17) is 16.3 Å². The molecule has 37 heavy (non-hydrogen) atoms. The molecule has 0 atom stereocenters. The summed E-state index contributed by atoms with van der Waals surface area (Å²) in [6.45, 7) is -2.35. The summed E-state index contributed by atoms with van der Waals surface area (Å²) in [7, 11) is 0. The minimum atomic E-state index is -1.05. The number of aliphatic hydroxyl groups excluding tert-OH is 2. The van der Waals surface area contributed by atoms with Crippen molar-refractivity contribution in [1.82, 2.24) is 13.7 Å². The average Bonchev–Trinajstić information content (AvgIpc) is 3.17. The van der Waals surface area contributed by atoms with Crippen LogP contribution in [0.3, 0.4) is 0 Å². The molecule has 192 valence electrons. The van der Waals surface area contributed by atoms with Crippen molar-refractivity contribution < 1.29 is 33.3 Å².